The monoisotopic (exact) mass is 275 g/mol. The number of nitrogens with zero attached hydrogens (tertiary/aromatic N) is 1. The highest BCUT2D eigenvalue weighted by atomic mass is 35.7. The van der Waals surface area contributed by atoms with E-state index in [2.05, 4.69) is 4.98 Å². The maximum Gasteiger partial charge on any atom is 0.263 e. The molecule has 0 radical (unpaired) electrons. The van der Waals surface area contributed by atoms with Gasteiger partial charge in [-0.15, -0.1) is 0 Å². The van der Waals surface area contributed by atoms with Crippen molar-refractivity contribution in [2.45, 2.75) is 11.8 Å². The number of fused-ring (bicyclic) bond motifs is 1. The van der Waals surface area contributed by atoms with Gasteiger partial charge in [0.05, 0.1) is 10.5 Å². The molecule has 6 heteroatoms. The smallest absolute Gasteiger partial charge is 0.256 e. The van der Waals surface area contributed by atoms with Crippen molar-refractivity contribution in [1.29, 1.82) is 0 Å². The minimum Gasteiger partial charge on any atom is -0.256 e. The molecule has 0 amide bonds. The summed E-state index contributed by atoms with van der Waals surface area (Å²) in [5, 5.41) is 0.565. The van der Waals surface area contributed by atoms with E-state index in [0.29, 0.717) is 10.9 Å². The highest BCUT2D eigenvalue weighted by molar-refractivity contribution is 8.14. The molecule has 0 saturated carbocycles. The Morgan fingerprint density at radius 2 is 2.06 bits per heavy atom. The maximum absolute atomic E-state index is 11.4. The van der Waals surface area contributed by atoms with Crippen LogP contribution in [0, 0.1) is 6.92 Å². The van der Waals surface area contributed by atoms with E-state index in [1.54, 1.807) is 24.4 Å². The van der Waals surface area contributed by atoms with E-state index in [1.807, 2.05) is 6.92 Å². The van der Waals surface area contributed by atoms with Crippen molar-refractivity contribution >= 4 is 42.2 Å². The van der Waals surface area contributed by atoms with Crippen molar-refractivity contribution in [3.05, 3.63) is 35.0 Å². The van der Waals surface area contributed by atoms with Gasteiger partial charge in [-0.3, -0.25) is 4.98 Å². The van der Waals surface area contributed by atoms with Crippen LogP contribution in [0.2, 0.25) is 5.02 Å². The fraction of sp³-hybridized carbons (Fsp3) is 0.100. The lowest BCUT2D eigenvalue weighted by Gasteiger charge is -2.07. The van der Waals surface area contributed by atoms with E-state index >= 15 is 0 Å². The summed E-state index contributed by atoms with van der Waals surface area (Å²) in [6.07, 6.45) is 1.59. The molecule has 0 unspecified atom stereocenters. The van der Waals surface area contributed by atoms with Crippen molar-refractivity contribution in [2.24, 2.45) is 0 Å². The first kappa shape index (κ1) is 11.6. The van der Waals surface area contributed by atoms with Crippen molar-refractivity contribution in [1.82, 2.24) is 4.98 Å². The van der Waals surface area contributed by atoms with Crippen LogP contribution in [0.4, 0.5) is 0 Å². The number of halogens is 2. The molecule has 0 N–H and O–H groups in total. The molecule has 16 heavy (non-hydrogen) atoms. The quantitative estimate of drug-likeness (QED) is 0.752. The molecule has 1 aromatic carbocycles. The molecule has 0 aliphatic heterocycles. The second-order valence-electron chi connectivity index (χ2n) is 3.34. The predicted molar refractivity (Wildman–Crippen MR) is 64.5 cm³/mol. The van der Waals surface area contributed by atoms with E-state index in [-0.39, 0.29) is 9.92 Å². The fourth-order valence-corrected chi connectivity index (χ4v) is 3.51. The standard InChI is InChI=1S/C10H7Cl2NO2S/c1-6-5-8(11)10(16(12,14)15)7-3-2-4-13-9(6)7/h2-5H,1H3. The van der Waals surface area contributed by atoms with Crippen LogP contribution in [-0.2, 0) is 9.05 Å². The van der Waals surface area contributed by atoms with Gasteiger partial charge in [0.25, 0.3) is 9.05 Å². The average Bonchev–Trinajstić information content (AvgIpc) is 2.15. The first-order valence-electron chi connectivity index (χ1n) is 4.40. The molecular formula is C10H7Cl2NO2S. The fourth-order valence-electron chi connectivity index (χ4n) is 1.60. The number of rotatable bonds is 1. The average molecular weight is 276 g/mol. The van der Waals surface area contributed by atoms with Crippen LogP contribution in [0.5, 0.6) is 0 Å². The summed E-state index contributed by atoms with van der Waals surface area (Å²) in [6, 6.07) is 4.83. The van der Waals surface area contributed by atoms with E-state index < -0.39 is 9.05 Å². The van der Waals surface area contributed by atoms with Crippen molar-refractivity contribution in [2.75, 3.05) is 0 Å². The minimum absolute atomic E-state index is 0.0791. The Labute approximate surface area is 102 Å². The first-order valence-corrected chi connectivity index (χ1v) is 7.08. The van der Waals surface area contributed by atoms with Crippen LogP contribution < -0.4 is 0 Å². The van der Waals surface area contributed by atoms with E-state index in [0.717, 1.165) is 5.56 Å². The third-order valence-corrected chi connectivity index (χ3v) is 4.03. The van der Waals surface area contributed by atoms with Crippen LogP contribution in [0.3, 0.4) is 0 Å². The summed E-state index contributed by atoms with van der Waals surface area (Å²) < 4.78 is 22.9. The molecule has 1 aromatic heterocycles. The van der Waals surface area contributed by atoms with Gasteiger partial charge in [-0.05, 0) is 30.7 Å². The molecule has 0 bridgehead atoms. The Balaban J connectivity index is 3.05. The number of hydrogen-bond donors (Lipinski definition) is 0. The first-order chi connectivity index (χ1) is 7.41. The number of benzene rings is 1. The topological polar surface area (TPSA) is 47.0 Å². The molecule has 0 saturated heterocycles. The Morgan fingerprint density at radius 1 is 1.38 bits per heavy atom. The van der Waals surface area contributed by atoms with Gasteiger partial charge >= 0.3 is 0 Å². The van der Waals surface area contributed by atoms with Crippen LogP contribution in [0.15, 0.2) is 29.3 Å². The van der Waals surface area contributed by atoms with Gasteiger partial charge in [0, 0.05) is 22.3 Å². The number of aromatic nitrogens is 1. The van der Waals surface area contributed by atoms with Gasteiger partial charge in [0.2, 0.25) is 0 Å². The van der Waals surface area contributed by atoms with E-state index in [4.69, 9.17) is 22.3 Å². The molecule has 0 spiro atoms. The Morgan fingerprint density at radius 3 is 2.69 bits per heavy atom. The van der Waals surface area contributed by atoms with Crippen LogP contribution in [0.25, 0.3) is 10.9 Å². The lowest BCUT2D eigenvalue weighted by atomic mass is 10.1. The van der Waals surface area contributed by atoms with Gasteiger partial charge in [0.15, 0.2) is 0 Å². The molecule has 0 aliphatic rings. The molecule has 1 heterocycles. The molecule has 3 nitrogen and oxygen atoms in total. The molecule has 0 fully saturated rings. The number of aryl methyl sites for hydroxylation is 1. The van der Waals surface area contributed by atoms with Gasteiger partial charge in [-0.1, -0.05) is 11.6 Å². The lowest BCUT2D eigenvalue weighted by molar-refractivity contribution is 0.610. The summed E-state index contributed by atoms with van der Waals surface area (Å²) in [5.74, 6) is 0. The van der Waals surface area contributed by atoms with Gasteiger partial charge in [0.1, 0.15) is 4.90 Å². The van der Waals surface area contributed by atoms with Crippen molar-refractivity contribution in [3.8, 4) is 0 Å². The zero-order valence-corrected chi connectivity index (χ0v) is 10.6. The van der Waals surface area contributed by atoms with Crippen molar-refractivity contribution in [3.63, 3.8) is 0 Å². The van der Waals surface area contributed by atoms with Crippen LogP contribution in [-0.4, -0.2) is 13.4 Å². The highest BCUT2D eigenvalue weighted by Crippen LogP contribution is 2.33. The SMILES string of the molecule is Cc1cc(Cl)c(S(=O)(=O)Cl)c2cccnc12. The summed E-state index contributed by atoms with van der Waals surface area (Å²) >= 11 is 5.90. The summed E-state index contributed by atoms with van der Waals surface area (Å²) in [7, 11) is 1.48. The summed E-state index contributed by atoms with van der Waals surface area (Å²) in [6.45, 7) is 1.81. The van der Waals surface area contributed by atoms with E-state index in [1.165, 1.54) is 0 Å². The summed E-state index contributed by atoms with van der Waals surface area (Å²) in [5.41, 5.74) is 1.40. The van der Waals surface area contributed by atoms with Crippen molar-refractivity contribution < 1.29 is 8.42 Å². The second kappa shape index (κ2) is 3.87. The molecule has 84 valence electrons. The maximum atomic E-state index is 11.4. The molecule has 2 rings (SSSR count). The Hall–Kier alpha value is -0.840. The number of pyridine rings is 1. The largest absolute Gasteiger partial charge is 0.263 e. The second-order valence-corrected chi connectivity index (χ2v) is 6.25. The third kappa shape index (κ3) is 1.88. The lowest BCUT2D eigenvalue weighted by Crippen LogP contribution is -1.96. The van der Waals surface area contributed by atoms with E-state index in [9.17, 15) is 8.42 Å². The summed E-state index contributed by atoms with van der Waals surface area (Å²) in [4.78, 5) is 4.04. The normalized spacial score (nSPS) is 11.9. The molecule has 0 atom stereocenters. The predicted octanol–water partition coefficient (Wildman–Crippen LogP) is 3.12. The molecular weight excluding hydrogens is 269 g/mol. The van der Waals surface area contributed by atoms with Gasteiger partial charge in [-0.2, -0.15) is 0 Å². The van der Waals surface area contributed by atoms with Gasteiger partial charge < -0.3 is 0 Å². The zero-order chi connectivity index (χ0) is 11.9. The highest BCUT2D eigenvalue weighted by Gasteiger charge is 2.20. The van der Waals surface area contributed by atoms with Crippen LogP contribution in [0.1, 0.15) is 5.56 Å². The van der Waals surface area contributed by atoms with Gasteiger partial charge in [-0.25, -0.2) is 8.42 Å². The minimum atomic E-state index is -3.88. The number of hydrogen-bond acceptors (Lipinski definition) is 3. The Bertz CT molecular complexity index is 668. The molecule has 0 aliphatic carbocycles. The van der Waals surface area contributed by atoms with Crippen LogP contribution >= 0.6 is 22.3 Å². The molecule has 2 aromatic rings. The Kier molecular flexibility index (Phi) is 2.82. The zero-order valence-electron chi connectivity index (χ0n) is 8.24. The third-order valence-electron chi connectivity index (χ3n) is 2.23.